The lowest BCUT2D eigenvalue weighted by Gasteiger charge is -2.26. The molecular formula is C18H29ClN2O4. The normalized spacial score (nSPS) is 17.1. The van der Waals surface area contributed by atoms with Crippen LogP contribution in [0, 0.1) is 5.92 Å². The first-order valence-corrected chi connectivity index (χ1v) is 8.51. The quantitative estimate of drug-likeness (QED) is 0.684. The van der Waals surface area contributed by atoms with Crippen LogP contribution in [-0.4, -0.2) is 37.4 Å². The van der Waals surface area contributed by atoms with Gasteiger partial charge in [0.2, 0.25) is 0 Å². The maximum absolute atomic E-state index is 12.3. The van der Waals surface area contributed by atoms with Crippen molar-refractivity contribution in [3.63, 3.8) is 0 Å². The zero-order valence-electron chi connectivity index (χ0n) is 14.9. The Hall–Kier alpha value is -1.50. The highest BCUT2D eigenvalue weighted by atomic mass is 35.5. The number of aliphatic hydroxyl groups is 1. The smallest absolute Gasteiger partial charge is 0.254 e. The van der Waals surface area contributed by atoms with Crippen LogP contribution in [0.4, 0.5) is 5.69 Å². The van der Waals surface area contributed by atoms with Crippen LogP contribution in [0.3, 0.4) is 0 Å². The monoisotopic (exact) mass is 372 g/mol. The molecule has 1 fully saturated rings. The maximum atomic E-state index is 12.3. The number of ether oxygens (including phenoxy) is 2. The minimum absolute atomic E-state index is 0. The Morgan fingerprint density at radius 1 is 1.20 bits per heavy atom. The molecule has 0 saturated heterocycles. The van der Waals surface area contributed by atoms with E-state index >= 15 is 0 Å². The minimum Gasteiger partial charge on any atom is -0.497 e. The minimum atomic E-state index is -1.23. The standard InChI is InChI=1S/C18H28N2O4.ClH/c1-23-14-9-13(10-15(11-14)24-2)20-18(22)17(21)16(19)8-12-6-4-3-5-7-12;/h9-12,16-17,21H,3-8,19H2,1-2H3,(H,20,22);1H/t16-,17?;/m1./s1. The lowest BCUT2D eigenvalue weighted by molar-refractivity contribution is -0.125. The van der Waals surface area contributed by atoms with Crippen LogP contribution in [0.25, 0.3) is 0 Å². The van der Waals surface area contributed by atoms with Crippen LogP contribution in [0.1, 0.15) is 38.5 Å². The van der Waals surface area contributed by atoms with Crippen LogP contribution in [0.15, 0.2) is 18.2 Å². The van der Waals surface area contributed by atoms with Crippen LogP contribution in [0.5, 0.6) is 11.5 Å². The molecule has 6 nitrogen and oxygen atoms in total. The number of rotatable bonds is 7. The topological polar surface area (TPSA) is 93.8 Å². The van der Waals surface area contributed by atoms with E-state index in [9.17, 15) is 9.90 Å². The molecule has 1 unspecified atom stereocenters. The average molecular weight is 373 g/mol. The summed E-state index contributed by atoms with van der Waals surface area (Å²) < 4.78 is 10.3. The first-order chi connectivity index (χ1) is 11.5. The van der Waals surface area contributed by atoms with E-state index in [-0.39, 0.29) is 12.4 Å². The van der Waals surface area contributed by atoms with Crippen molar-refractivity contribution in [3.8, 4) is 11.5 Å². The van der Waals surface area contributed by atoms with Gasteiger partial charge >= 0.3 is 0 Å². The molecule has 7 heteroatoms. The van der Waals surface area contributed by atoms with Crippen molar-refractivity contribution < 1.29 is 19.4 Å². The van der Waals surface area contributed by atoms with Crippen LogP contribution in [0.2, 0.25) is 0 Å². The number of hydrogen-bond acceptors (Lipinski definition) is 5. The zero-order valence-corrected chi connectivity index (χ0v) is 15.7. The number of hydrogen-bond donors (Lipinski definition) is 3. The van der Waals surface area contributed by atoms with Gasteiger partial charge in [-0.2, -0.15) is 0 Å². The number of methoxy groups -OCH3 is 2. The molecule has 1 aliphatic rings. The molecule has 0 bridgehead atoms. The first kappa shape index (κ1) is 21.5. The molecule has 0 heterocycles. The predicted octanol–water partition coefficient (Wildman–Crippen LogP) is 2.72. The fraction of sp³-hybridized carbons (Fsp3) is 0.611. The third kappa shape index (κ3) is 6.38. The lowest BCUT2D eigenvalue weighted by Crippen LogP contribution is -2.44. The Morgan fingerprint density at radius 2 is 1.76 bits per heavy atom. The fourth-order valence-corrected chi connectivity index (χ4v) is 3.23. The van der Waals surface area contributed by atoms with E-state index in [1.54, 1.807) is 18.2 Å². The van der Waals surface area contributed by atoms with Gasteiger partial charge in [0.1, 0.15) is 17.6 Å². The number of aliphatic hydroxyl groups excluding tert-OH is 1. The van der Waals surface area contributed by atoms with Gasteiger partial charge in [0.25, 0.3) is 5.91 Å². The second kappa shape index (κ2) is 10.5. The molecule has 0 spiro atoms. The van der Waals surface area contributed by atoms with E-state index in [2.05, 4.69) is 5.32 Å². The number of halogens is 1. The molecule has 0 aliphatic heterocycles. The maximum Gasteiger partial charge on any atom is 0.254 e. The zero-order chi connectivity index (χ0) is 17.5. The molecular weight excluding hydrogens is 344 g/mol. The average Bonchev–Trinajstić information content (AvgIpc) is 2.61. The summed E-state index contributed by atoms with van der Waals surface area (Å²) in [6, 6.07) is 4.49. The van der Waals surface area contributed by atoms with Gasteiger partial charge in [-0.15, -0.1) is 12.4 Å². The van der Waals surface area contributed by atoms with Crippen molar-refractivity contribution in [2.45, 2.75) is 50.7 Å². The van der Waals surface area contributed by atoms with Crippen LogP contribution < -0.4 is 20.5 Å². The van der Waals surface area contributed by atoms with Gasteiger partial charge in [0.15, 0.2) is 0 Å². The van der Waals surface area contributed by atoms with Crippen molar-refractivity contribution in [2.75, 3.05) is 19.5 Å². The molecule has 4 N–H and O–H groups in total. The molecule has 0 radical (unpaired) electrons. The summed E-state index contributed by atoms with van der Waals surface area (Å²) in [5, 5.41) is 12.9. The molecule has 2 atom stereocenters. The summed E-state index contributed by atoms with van der Waals surface area (Å²) in [6.07, 6.45) is 5.41. The molecule has 1 saturated carbocycles. The second-order valence-electron chi connectivity index (χ2n) is 6.44. The number of amides is 1. The predicted molar refractivity (Wildman–Crippen MR) is 101 cm³/mol. The van der Waals surface area contributed by atoms with E-state index in [0.717, 1.165) is 12.8 Å². The van der Waals surface area contributed by atoms with Crippen molar-refractivity contribution in [1.82, 2.24) is 0 Å². The molecule has 2 rings (SSSR count). The molecule has 25 heavy (non-hydrogen) atoms. The summed E-state index contributed by atoms with van der Waals surface area (Å²) in [5.41, 5.74) is 6.55. The number of nitrogens with two attached hydrogens (primary N) is 1. The molecule has 1 aromatic carbocycles. The number of carbonyl (C=O) groups excluding carboxylic acids is 1. The van der Waals surface area contributed by atoms with Gasteiger partial charge in [-0.05, 0) is 12.3 Å². The largest absolute Gasteiger partial charge is 0.497 e. The van der Waals surface area contributed by atoms with Crippen LogP contribution in [-0.2, 0) is 4.79 Å². The summed E-state index contributed by atoms with van der Waals surface area (Å²) in [7, 11) is 3.07. The van der Waals surface area contributed by atoms with Gasteiger partial charge in [-0.25, -0.2) is 0 Å². The highest BCUT2D eigenvalue weighted by Crippen LogP contribution is 2.28. The Labute approximate surface area is 155 Å². The Balaban J connectivity index is 0.00000312. The molecule has 1 amide bonds. The number of benzene rings is 1. The number of carbonyl (C=O) groups is 1. The van der Waals surface area contributed by atoms with E-state index < -0.39 is 18.1 Å². The van der Waals surface area contributed by atoms with Gasteiger partial charge in [-0.1, -0.05) is 32.1 Å². The molecule has 1 aliphatic carbocycles. The first-order valence-electron chi connectivity index (χ1n) is 8.51. The van der Waals surface area contributed by atoms with Crippen LogP contribution >= 0.6 is 12.4 Å². The van der Waals surface area contributed by atoms with E-state index in [1.807, 2.05) is 0 Å². The molecule has 0 aromatic heterocycles. The number of anilines is 1. The van der Waals surface area contributed by atoms with Gasteiger partial charge in [0, 0.05) is 29.9 Å². The fourth-order valence-electron chi connectivity index (χ4n) is 3.23. The SMILES string of the molecule is COc1cc(NC(=O)C(O)[C@H](N)CC2CCCCC2)cc(OC)c1.Cl. The Morgan fingerprint density at radius 3 is 2.28 bits per heavy atom. The summed E-state index contributed by atoms with van der Waals surface area (Å²) in [6.45, 7) is 0. The van der Waals surface area contributed by atoms with E-state index in [1.165, 1.54) is 33.5 Å². The highest BCUT2D eigenvalue weighted by molar-refractivity contribution is 5.94. The Kier molecular flexibility index (Phi) is 9.03. The summed E-state index contributed by atoms with van der Waals surface area (Å²) in [4.78, 5) is 12.3. The summed E-state index contributed by atoms with van der Waals surface area (Å²) >= 11 is 0. The third-order valence-electron chi connectivity index (χ3n) is 4.62. The van der Waals surface area contributed by atoms with Gasteiger partial charge < -0.3 is 25.6 Å². The molecule has 1 aromatic rings. The van der Waals surface area contributed by atoms with Crippen molar-refractivity contribution in [1.29, 1.82) is 0 Å². The highest BCUT2D eigenvalue weighted by Gasteiger charge is 2.26. The van der Waals surface area contributed by atoms with E-state index in [4.69, 9.17) is 15.2 Å². The molecule has 142 valence electrons. The lowest BCUT2D eigenvalue weighted by atomic mass is 9.84. The number of nitrogens with one attached hydrogen (secondary N) is 1. The van der Waals surface area contributed by atoms with Crippen molar-refractivity contribution in [2.24, 2.45) is 11.7 Å². The Bertz CT molecular complexity index is 528. The van der Waals surface area contributed by atoms with Gasteiger partial charge in [0.05, 0.1) is 14.2 Å². The van der Waals surface area contributed by atoms with E-state index in [0.29, 0.717) is 29.5 Å². The van der Waals surface area contributed by atoms with Gasteiger partial charge in [-0.3, -0.25) is 4.79 Å². The third-order valence-corrected chi connectivity index (χ3v) is 4.62. The van der Waals surface area contributed by atoms with Crippen molar-refractivity contribution >= 4 is 24.0 Å². The van der Waals surface area contributed by atoms with Crippen molar-refractivity contribution in [3.05, 3.63) is 18.2 Å². The second-order valence-corrected chi connectivity index (χ2v) is 6.44. The summed E-state index contributed by atoms with van der Waals surface area (Å²) in [5.74, 6) is 1.12.